The highest BCUT2D eigenvalue weighted by Crippen LogP contribution is 2.18. The van der Waals surface area contributed by atoms with Crippen LogP contribution in [0.1, 0.15) is 120 Å². The SMILES string of the molecule is CCCCCCCCCCCCCCCCCOc1cc(C(=O)CC(=O)O)co1. The molecule has 0 amide bonds. The fourth-order valence-electron chi connectivity index (χ4n) is 3.42. The first-order valence-electron chi connectivity index (χ1n) is 11.6. The lowest BCUT2D eigenvalue weighted by Gasteiger charge is -2.04. The average Bonchev–Trinajstić information content (AvgIpc) is 3.16. The molecule has 0 aliphatic heterocycles. The summed E-state index contributed by atoms with van der Waals surface area (Å²) in [4.78, 5) is 22.1. The predicted molar refractivity (Wildman–Crippen MR) is 116 cm³/mol. The number of carbonyl (C=O) groups excluding carboxylic acids is 1. The molecule has 1 rings (SSSR count). The van der Waals surface area contributed by atoms with Crippen LogP contribution in [0.15, 0.2) is 16.7 Å². The van der Waals surface area contributed by atoms with Crippen LogP contribution in [0.5, 0.6) is 5.95 Å². The maximum absolute atomic E-state index is 11.6. The van der Waals surface area contributed by atoms with Crippen molar-refractivity contribution in [3.63, 3.8) is 0 Å². The Balaban J connectivity index is 1.86. The number of hydrogen-bond donors (Lipinski definition) is 1. The van der Waals surface area contributed by atoms with Gasteiger partial charge in [0.25, 0.3) is 5.95 Å². The minimum Gasteiger partial charge on any atom is -0.481 e. The van der Waals surface area contributed by atoms with Crippen molar-refractivity contribution in [2.75, 3.05) is 6.61 Å². The van der Waals surface area contributed by atoms with Gasteiger partial charge in [0, 0.05) is 6.07 Å². The number of unbranched alkanes of at least 4 members (excludes halogenated alkanes) is 14. The van der Waals surface area contributed by atoms with Crippen molar-refractivity contribution in [3.8, 4) is 5.95 Å². The van der Waals surface area contributed by atoms with Crippen LogP contribution in [-0.4, -0.2) is 23.5 Å². The predicted octanol–water partition coefficient (Wildman–Crippen LogP) is 7.19. The Hall–Kier alpha value is -1.78. The topological polar surface area (TPSA) is 76.7 Å². The van der Waals surface area contributed by atoms with Gasteiger partial charge in [-0.05, 0) is 6.42 Å². The van der Waals surface area contributed by atoms with Gasteiger partial charge in [-0.2, -0.15) is 0 Å². The third-order valence-electron chi connectivity index (χ3n) is 5.20. The molecule has 1 N–H and O–H groups in total. The van der Waals surface area contributed by atoms with Crippen LogP contribution in [0.25, 0.3) is 0 Å². The lowest BCUT2D eigenvalue weighted by Crippen LogP contribution is -2.05. The Morgan fingerprint density at radius 1 is 0.828 bits per heavy atom. The second-order valence-electron chi connectivity index (χ2n) is 7.95. The zero-order chi connectivity index (χ0) is 21.2. The molecule has 0 aliphatic rings. The highest BCUT2D eigenvalue weighted by atomic mass is 16.6. The van der Waals surface area contributed by atoms with Crippen LogP contribution in [0.2, 0.25) is 0 Å². The number of carboxylic acid groups (broad SMARTS) is 1. The first-order valence-corrected chi connectivity index (χ1v) is 11.6. The number of hydrogen-bond acceptors (Lipinski definition) is 4. The van der Waals surface area contributed by atoms with Gasteiger partial charge in [0.05, 0.1) is 12.2 Å². The van der Waals surface area contributed by atoms with Gasteiger partial charge in [-0.15, -0.1) is 0 Å². The quantitative estimate of drug-likeness (QED) is 0.140. The summed E-state index contributed by atoms with van der Waals surface area (Å²) in [6, 6.07) is 1.47. The van der Waals surface area contributed by atoms with Gasteiger partial charge in [0.15, 0.2) is 5.78 Å². The van der Waals surface area contributed by atoms with Crippen molar-refractivity contribution >= 4 is 11.8 Å². The fraction of sp³-hybridized carbons (Fsp3) is 0.750. The third-order valence-corrected chi connectivity index (χ3v) is 5.20. The summed E-state index contributed by atoms with van der Waals surface area (Å²) in [5.74, 6) is -1.33. The summed E-state index contributed by atoms with van der Waals surface area (Å²) < 4.78 is 10.6. The molecule has 0 fully saturated rings. The molecule has 0 aliphatic carbocycles. The lowest BCUT2D eigenvalue weighted by molar-refractivity contribution is -0.135. The summed E-state index contributed by atoms with van der Waals surface area (Å²) >= 11 is 0. The van der Waals surface area contributed by atoms with E-state index in [0.717, 1.165) is 12.8 Å². The maximum Gasteiger partial charge on any atom is 0.311 e. The highest BCUT2D eigenvalue weighted by molar-refractivity contribution is 6.05. The number of carbonyl (C=O) groups is 2. The van der Waals surface area contributed by atoms with Crippen LogP contribution < -0.4 is 4.74 Å². The fourth-order valence-corrected chi connectivity index (χ4v) is 3.42. The first kappa shape index (κ1) is 25.3. The Kier molecular flexibility index (Phi) is 14.9. The summed E-state index contributed by atoms with van der Waals surface area (Å²) in [7, 11) is 0. The molecule has 166 valence electrons. The van der Waals surface area contributed by atoms with E-state index in [4.69, 9.17) is 14.3 Å². The van der Waals surface area contributed by atoms with E-state index in [1.807, 2.05) is 0 Å². The van der Waals surface area contributed by atoms with Gasteiger partial charge in [0.1, 0.15) is 12.7 Å². The second-order valence-corrected chi connectivity index (χ2v) is 7.95. The number of aliphatic carboxylic acids is 1. The van der Waals surface area contributed by atoms with Crippen molar-refractivity contribution in [2.24, 2.45) is 0 Å². The summed E-state index contributed by atoms with van der Waals surface area (Å²) in [5.41, 5.74) is 0.249. The molecule has 29 heavy (non-hydrogen) atoms. The van der Waals surface area contributed by atoms with Crippen molar-refractivity contribution in [3.05, 3.63) is 17.9 Å². The van der Waals surface area contributed by atoms with E-state index in [0.29, 0.717) is 6.61 Å². The summed E-state index contributed by atoms with van der Waals surface area (Å²) in [6.07, 6.45) is 20.5. The average molecular weight is 409 g/mol. The zero-order valence-electron chi connectivity index (χ0n) is 18.3. The maximum atomic E-state index is 11.6. The number of Topliss-reactive ketones (excluding diaryl/α,β-unsaturated/α-hetero) is 1. The molecule has 1 heterocycles. The minimum absolute atomic E-state index is 0.249. The van der Waals surface area contributed by atoms with Crippen molar-refractivity contribution in [2.45, 2.75) is 110 Å². The molecule has 5 heteroatoms. The van der Waals surface area contributed by atoms with Gasteiger partial charge in [-0.25, -0.2) is 0 Å². The minimum atomic E-state index is -1.14. The third kappa shape index (κ3) is 13.9. The molecule has 0 atom stereocenters. The Bertz CT molecular complexity index is 549. The van der Waals surface area contributed by atoms with E-state index < -0.39 is 18.2 Å². The van der Waals surface area contributed by atoms with Crippen molar-refractivity contribution < 1.29 is 23.8 Å². The molecule has 1 aromatic heterocycles. The number of rotatable bonds is 20. The van der Waals surface area contributed by atoms with Crippen molar-refractivity contribution in [1.29, 1.82) is 0 Å². The largest absolute Gasteiger partial charge is 0.481 e. The molecule has 0 bridgehead atoms. The number of ketones is 1. The normalized spacial score (nSPS) is 10.9. The molecule has 0 spiro atoms. The van der Waals surface area contributed by atoms with E-state index in [1.54, 1.807) is 0 Å². The van der Waals surface area contributed by atoms with Crippen molar-refractivity contribution in [1.82, 2.24) is 0 Å². The standard InChI is InChI=1S/C24H40O5/c1-2-3-4-5-6-7-8-9-10-11-12-13-14-15-16-17-28-24-18-21(20-29-24)22(25)19-23(26)27/h18,20H,2-17,19H2,1H3,(H,26,27). The van der Waals surface area contributed by atoms with E-state index in [1.165, 1.54) is 95.8 Å². The van der Waals surface area contributed by atoms with Gasteiger partial charge >= 0.3 is 5.97 Å². The summed E-state index contributed by atoms with van der Waals surface area (Å²) in [5, 5.41) is 8.63. The number of ether oxygens (including phenoxy) is 1. The van der Waals surface area contributed by atoms with E-state index >= 15 is 0 Å². The highest BCUT2D eigenvalue weighted by Gasteiger charge is 2.14. The lowest BCUT2D eigenvalue weighted by atomic mass is 10.0. The smallest absolute Gasteiger partial charge is 0.311 e. The molecule has 0 unspecified atom stereocenters. The molecule has 1 aromatic rings. The molecular weight excluding hydrogens is 368 g/mol. The van der Waals surface area contributed by atoms with Crippen LogP contribution in [0.3, 0.4) is 0 Å². The Morgan fingerprint density at radius 3 is 1.79 bits per heavy atom. The first-order chi connectivity index (χ1) is 14.1. The molecule has 0 radical (unpaired) electrons. The van der Waals surface area contributed by atoms with Gasteiger partial charge in [-0.3, -0.25) is 9.59 Å². The molecular formula is C24H40O5. The van der Waals surface area contributed by atoms with Gasteiger partial charge in [-0.1, -0.05) is 96.8 Å². The van der Waals surface area contributed by atoms with Gasteiger partial charge in [0.2, 0.25) is 0 Å². The number of carboxylic acids is 1. The Morgan fingerprint density at radius 2 is 1.31 bits per heavy atom. The van der Waals surface area contributed by atoms with Crippen LogP contribution in [-0.2, 0) is 4.79 Å². The molecule has 5 nitrogen and oxygen atoms in total. The molecule has 0 saturated carbocycles. The van der Waals surface area contributed by atoms with Crippen LogP contribution in [0.4, 0.5) is 0 Å². The van der Waals surface area contributed by atoms with E-state index in [2.05, 4.69) is 6.92 Å². The van der Waals surface area contributed by atoms with Crippen LogP contribution in [0, 0.1) is 0 Å². The Labute approximate surface area is 176 Å². The molecule has 0 saturated heterocycles. The monoisotopic (exact) mass is 408 g/mol. The zero-order valence-corrected chi connectivity index (χ0v) is 18.3. The molecule has 0 aromatic carbocycles. The summed E-state index contributed by atoms with van der Waals surface area (Å²) in [6.45, 7) is 2.82. The second kappa shape index (κ2) is 17.1. The van der Waals surface area contributed by atoms with Gasteiger partial charge < -0.3 is 14.3 Å². The van der Waals surface area contributed by atoms with E-state index in [-0.39, 0.29) is 11.5 Å². The van der Waals surface area contributed by atoms with E-state index in [9.17, 15) is 9.59 Å². The van der Waals surface area contributed by atoms with Crippen LogP contribution >= 0.6 is 0 Å². The number of furan rings is 1.